The second kappa shape index (κ2) is 5.76. The summed E-state index contributed by atoms with van der Waals surface area (Å²) in [5, 5.41) is 10.4. The monoisotopic (exact) mass is 305 g/mol. The SMILES string of the molecule is OCCOc1cn(-c2ccc(F)cc2)c2cc(Cl)ccc12. The summed E-state index contributed by atoms with van der Waals surface area (Å²) < 4.78 is 20.5. The fraction of sp³-hybridized carbons (Fsp3) is 0.125. The number of aromatic nitrogens is 1. The molecule has 21 heavy (non-hydrogen) atoms. The van der Waals surface area contributed by atoms with Crippen LogP contribution in [0.3, 0.4) is 0 Å². The van der Waals surface area contributed by atoms with Gasteiger partial charge in [-0.3, -0.25) is 0 Å². The molecular weight excluding hydrogens is 293 g/mol. The highest BCUT2D eigenvalue weighted by atomic mass is 35.5. The van der Waals surface area contributed by atoms with E-state index in [1.165, 1.54) is 12.1 Å². The van der Waals surface area contributed by atoms with Crippen LogP contribution in [0.2, 0.25) is 5.02 Å². The maximum Gasteiger partial charge on any atom is 0.145 e. The van der Waals surface area contributed by atoms with E-state index in [4.69, 9.17) is 21.4 Å². The van der Waals surface area contributed by atoms with Crippen molar-refractivity contribution in [3.05, 3.63) is 59.5 Å². The van der Waals surface area contributed by atoms with E-state index in [0.29, 0.717) is 10.8 Å². The van der Waals surface area contributed by atoms with Crippen LogP contribution in [0.1, 0.15) is 0 Å². The highest BCUT2D eigenvalue weighted by Gasteiger charge is 2.11. The Morgan fingerprint density at radius 2 is 1.90 bits per heavy atom. The largest absolute Gasteiger partial charge is 0.489 e. The third kappa shape index (κ3) is 2.73. The second-order valence-electron chi connectivity index (χ2n) is 4.57. The number of nitrogens with zero attached hydrogens (tertiary/aromatic N) is 1. The Bertz CT molecular complexity index is 768. The van der Waals surface area contributed by atoms with E-state index in [0.717, 1.165) is 16.6 Å². The molecule has 2 aromatic carbocycles. The van der Waals surface area contributed by atoms with Gasteiger partial charge in [0, 0.05) is 16.1 Å². The molecule has 0 radical (unpaired) electrons. The zero-order valence-electron chi connectivity index (χ0n) is 11.1. The predicted molar refractivity (Wildman–Crippen MR) is 80.8 cm³/mol. The maximum atomic E-state index is 13.1. The summed E-state index contributed by atoms with van der Waals surface area (Å²) in [5.74, 6) is 0.366. The van der Waals surface area contributed by atoms with Crippen molar-refractivity contribution < 1.29 is 14.2 Å². The molecule has 0 aliphatic carbocycles. The number of aliphatic hydroxyl groups is 1. The van der Waals surface area contributed by atoms with Gasteiger partial charge in [-0.1, -0.05) is 11.6 Å². The van der Waals surface area contributed by atoms with Gasteiger partial charge in [0.2, 0.25) is 0 Å². The van der Waals surface area contributed by atoms with Crippen LogP contribution >= 0.6 is 11.6 Å². The first kappa shape index (κ1) is 13.9. The standard InChI is InChI=1S/C16H13ClFNO2/c17-11-1-6-14-15(9-11)19(10-16(14)21-8-7-20)13-4-2-12(18)3-5-13/h1-6,9-10,20H,7-8H2. The maximum absolute atomic E-state index is 13.1. The van der Waals surface area contributed by atoms with Crippen LogP contribution in [0.4, 0.5) is 4.39 Å². The van der Waals surface area contributed by atoms with Crippen LogP contribution in [0.25, 0.3) is 16.6 Å². The fourth-order valence-corrected chi connectivity index (χ4v) is 2.42. The summed E-state index contributed by atoms with van der Waals surface area (Å²) in [4.78, 5) is 0. The molecule has 0 saturated carbocycles. The molecule has 3 aromatic rings. The number of halogens is 2. The van der Waals surface area contributed by atoms with Gasteiger partial charge in [0.05, 0.1) is 18.3 Å². The zero-order chi connectivity index (χ0) is 14.8. The van der Waals surface area contributed by atoms with Crippen LogP contribution in [0, 0.1) is 5.82 Å². The summed E-state index contributed by atoms with van der Waals surface area (Å²) >= 11 is 6.06. The molecule has 5 heteroatoms. The number of hydrogen-bond donors (Lipinski definition) is 1. The normalized spacial score (nSPS) is 11.0. The van der Waals surface area contributed by atoms with E-state index in [-0.39, 0.29) is 19.0 Å². The van der Waals surface area contributed by atoms with Crippen molar-refractivity contribution in [3.8, 4) is 11.4 Å². The summed E-state index contributed by atoms with van der Waals surface area (Å²) in [7, 11) is 0. The van der Waals surface area contributed by atoms with Gasteiger partial charge in [-0.25, -0.2) is 4.39 Å². The number of benzene rings is 2. The number of fused-ring (bicyclic) bond motifs is 1. The van der Waals surface area contributed by atoms with Crippen LogP contribution < -0.4 is 4.74 Å². The van der Waals surface area contributed by atoms with Crippen molar-refractivity contribution in [2.24, 2.45) is 0 Å². The molecule has 0 unspecified atom stereocenters. The molecular formula is C16H13ClFNO2. The Labute approximate surface area is 126 Å². The molecule has 0 amide bonds. The third-order valence-electron chi connectivity index (χ3n) is 3.18. The molecule has 1 heterocycles. The van der Waals surface area contributed by atoms with E-state index in [1.54, 1.807) is 18.2 Å². The van der Waals surface area contributed by atoms with E-state index in [1.807, 2.05) is 22.9 Å². The van der Waals surface area contributed by atoms with Crippen molar-refractivity contribution in [3.63, 3.8) is 0 Å². The minimum absolute atomic E-state index is 0.0587. The summed E-state index contributed by atoms with van der Waals surface area (Å²) in [6.07, 6.45) is 1.81. The first-order valence-corrected chi connectivity index (χ1v) is 6.87. The molecule has 0 atom stereocenters. The van der Waals surface area contributed by atoms with Crippen molar-refractivity contribution in [1.29, 1.82) is 0 Å². The Hall–Kier alpha value is -2.04. The average Bonchev–Trinajstić information content (AvgIpc) is 2.84. The topological polar surface area (TPSA) is 34.4 Å². The van der Waals surface area contributed by atoms with Gasteiger partial charge in [-0.2, -0.15) is 0 Å². The molecule has 0 fully saturated rings. The molecule has 3 nitrogen and oxygen atoms in total. The third-order valence-corrected chi connectivity index (χ3v) is 3.42. The van der Waals surface area contributed by atoms with Crippen LogP contribution in [0.5, 0.6) is 5.75 Å². The second-order valence-corrected chi connectivity index (χ2v) is 5.01. The summed E-state index contributed by atoms with van der Waals surface area (Å²) in [6.45, 7) is 0.155. The molecule has 0 saturated heterocycles. The number of aliphatic hydroxyl groups excluding tert-OH is 1. The number of rotatable bonds is 4. The minimum atomic E-state index is -0.287. The number of ether oxygens (including phenoxy) is 1. The quantitative estimate of drug-likeness (QED) is 0.795. The van der Waals surface area contributed by atoms with Crippen molar-refractivity contribution >= 4 is 22.5 Å². The predicted octanol–water partition coefficient (Wildman–Crippen LogP) is 3.79. The van der Waals surface area contributed by atoms with Gasteiger partial charge in [0.25, 0.3) is 0 Å². The first-order chi connectivity index (χ1) is 10.2. The Morgan fingerprint density at radius 1 is 1.14 bits per heavy atom. The lowest BCUT2D eigenvalue weighted by Gasteiger charge is -2.04. The molecule has 108 valence electrons. The van der Waals surface area contributed by atoms with Crippen LogP contribution in [-0.4, -0.2) is 22.9 Å². The van der Waals surface area contributed by atoms with Crippen molar-refractivity contribution in [2.45, 2.75) is 0 Å². The van der Waals surface area contributed by atoms with Gasteiger partial charge in [-0.15, -0.1) is 0 Å². The van der Waals surface area contributed by atoms with Crippen LogP contribution in [-0.2, 0) is 0 Å². The highest BCUT2D eigenvalue weighted by Crippen LogP contribution is 2.32. The van der Waals surface area contributed by atoms with E-state index in [2.05, 4.69) is 0 Å². The van der Waals surface area contributed by atoms with E-state index < -0.39 is 0 Å². The molecule has 3 rings (SSSR count). The molecule has 0 aliphatic heterocycles. The molecule has 1 N–H and O–H groups in total. The van der Waals surface area contributed by atoms with Gasteiger partial charge >= 0.3 is 0 Å². The molecule has 1 aromatic heterocycles. The fourth-order valence-electron chi connectivity index (χ4n) is 2.25. The van der Waals surface area contributed by atoms with Gasteiger partial charge in [0.1, 0.15) is 18.2 Å². The highest BCUT2D eigenvalue weighted by molar-refractivity contribution is 6.31. The zero-order valence-corrected chi connectivity index (χ0v) is 11.8. The smallest absolute Gasteiger partial charge is 0.145 e. The average molecular weight is 306 g/mol. The van der Waals surface area contributed by atoms with Gasteiger partial charge in [-0.05, 0) is 42.5 Å². The lowest BCUT2D eigenvalue weighted by molar-refractivity contribution is 0.202. The Kier molecular flexibility index (Phi) is 3.82. The van der Waals surface area contributed by atoms with Crippen molar-refractivity contribution in [2.75, 3.05) is 13.2 Å². The summed E-state index contributed by atoms with van der Waals surface area (Å²) in [6, 6.07) is 11.7. The van der Waals surface area contributed by atoms with E-state index >= 15 is 0 Å². The molecule has 0 spiro atoms. The lowest BCUT2D eigenvalue weighted by Crippen LogP contribution is -2.00. The Morgan fingerprint density at radius 3 is 2.62 bits per heavy atom. The molecule has 0 aliphatic rings. The van der Waals surface area contributed by atoms with Crippen molar-refractivity contribution in [1.82, 2.24) is 4.57 Å². The molecule has 0 bridgehead atoms. The van der Waals surface area contributed by atoms with E-state index in [9.17, 15) is 4.39 Å². The number of hydrogen-bond acceptors (Lipinski definition) is 2. The van der Waals surface area contributed by atoms with Gasteiger partial charge in [0.15, 0.2) is 0 Å². The Balaban J connectivity index is 2.16. The summed E-state index contributed by atoms with van der Waals surface area (Å²) in [5.41, 5.74) is 1.67. The first-order valence-electron chi connectivity index (χ1n) is 6.49. The van der Waals surface area contributed by atoms with Crippen LogP contribution in [0.15, 0.2) is 48.7 Å². The lowest BCUT2D eigenvalue weighted by atomic mass is 10.2. The minimum Gasteiger partial charge on any atom is -0.489 e. The van der Waals surface area contributed by atoms with Gasteiger partial charge < -0.3 is 14.4 Å².